The van der Waals surface area contributed by atoms with E-state index < -0.39 is 0 Å². The van der Waals surface area contributed by atoms with Crippen molar-refractivity contribution in [2.75, 3.05) is 6.61 Å². The number of aryl methyl sites for hydroxylation is 2. The van der Waals surface area contributed by atoms with E-state index in [-0.39, 0.29) is 27.7 Å². The van der Waals surface area contributed by atoms with Crippen LogP contribution in [0.15, 0.2) is 0 Å². The summed E-state index contributed by atoms with van der Waals surface area (Å²) in [6.45, 7) is 12.7. The fourth-order valence-corrected chi connectivity index (χ4v) is 1.31. The normalized spacial score (nSPS) is 8.73. The zero-order valence-electron chi connectivity index (χ0n) is 10.6. The molecule has 0 aromatic heterocycles. The van der Waals surface area contributed by atoms with Crippen molar-refractivity contribution in [3.8, 4) is 0 Å². The molecule has 0 fully saturated rings. The van der Waals surface area contributed by atoms with Crippen LogP contribution in [0.4, 0.5) is 0 Å². The molecule has 0 aliphatic carbocycles. The Bertz CT molecular complexity index is 280. The molecule has 0 aliphatic rings. The van der Waals surface area contributed by atoms with Crippen molar-refractivity contribution >= 4 is 0 Å². The molecular formula is C13H21OW-. The number of benzene rings is 1. The number of rotatable bonds is 0. The summed E-state index contributed by atoms with van der Waals surface area (Å²) in [4.78, 5) is 0. The summed E-state index contributed by atoms with van der Waals surface area (Å²) in [5, 5.41) is 7.57. The second-order valence-electron chi connectivity index (χ2n) is 3.57. The first-order valence-corrected chi connectivity index (χ1v) is 5.02. The Morgan fingerprint density at radius 1 is 0.867 bits per heavy atom. The van der Waals surface area contributed by atoms with Crippen LogP contribution in [-0.2, 0) is 21.1 Å². The average molecular weight is 377 g/mol. The molecule has 0 aliphatic heterocycles. The summed E-state index contributed by atoms with van der Waals surface area (Å²) in [6.07, 6.45) is 0. The maximum atomic E-state index is 7.57. The van der Waals surface area contributed by atoms with Crippen LogP contribution in [0.1, 0.15) is 34.7 Å². The van der Waals surface area contributed by atoms with Crippen molar-refractivity contribution in [2.24, 2.45) is 0 Å². The van der Waals surface area contributed by atoms with Crippen molar-refractivity contribution in [1.29, 1.82) is 0 Å². The average Bonchev–Trinajstić information content (AvgIpc) is 2.13. The summed E-state index contributed by atoms with van der Waals surface area (Å²) >= 11 is 0. The third kappa shape index (κ3) is 4.95. The maximum absolute atomic E-state index is 7.57. The molecule has 0 saturated heterocycles. The Kier molecular flexibility index (Phi) is 9.29. The molecule has 1 rings (SSSR count). The Hall–Kier alpha value is -0.132. The van der Waals surface area contributed by atoms with Crippen molar-refractivity contribution in [2.45, 2.75) is 41.5 Å². The molecule has 0 bridgehead atoms. The molecule has 0 spiro atoms. The van der Waals surface area contributed by atoms with Gasteiger partial charge in [-0.3, -0.25) is 0 Å². The molecule has 86 valence electrons. The second-order valence-corrected chi connectivity index (χ2v) is 3.57. The van der Waals surface area contributed by atoms with E-state index in [2.05, 4.69) is 40.7 Å². The molecule has 1 aromatic carbocycles. The van der Waals surface area contributed by atoms with E-state index in [1.54, 1.807) is 6.92 Å². The Labute approximate surface area is 108 Å². The number of hydrogen-bond acceptors (Lipinski definition) is 1. The molecular weight excluding hydrogens is 356 g/mol. The van der Waals surface area contributed by atoms with Crippen molar-refractivity contribution in [3.05, 3.63) is 33.9 Å². The predicted octanol–water partition coefficient (Wildman–Crippen LogP) is 3.02. The Morgan fingerprint density at radius 3 is 1.40 bits per heavy atom. The standard InChI is InChI=1S/C11H15.C2H6O.W/c1-7-6-8(2)10(4)11(5)9(7)3;1-2-3;/h1-5H3;3H,2H2,1H3;/q-1;;. The molecule has 1 N–H and O–H groups in total. The minimum atomic E-state index is 0. The molecule has 2 heteroatoms. The maximum Gasteiger partial charge on any atom is 0.0402 e. The van der Waals surface area contributed by atoms with Gasteiger partial charge in [0.05, 0.1) is 0 Å². The SMILES string of the molecule is CCO.Cc1[c-]c(C)c(C)c(C)c1C.[W]. The minimum Gasteiger partial charge on any atom is -0.397 e. The summed E-state index contributed by atoms with van der Waals surface area (Å²) in [5.41, 5.74) is 6.75. The van der Waals surface area contributed by atoms with Gasteiger partial charge in [-0.15, -0.1) is 0 Å². The van der Waals surface area contributed by atoms with Gasteiger partial charge in [0, 0.05) is 27.7 Å². The molecule has 15 heavy (non-hydrogen) atoms. The zero-order chi connectivity index (χ0) is 11.3. The van der Waals surface area contributed by atoms with Crippen LogP contribution in [0.3, 0.4) is 0 Å². The predicted molar refractivity (Wildman–Crippen MR) is 61.7 cm³/mol. The first-order valence-electron chi connectivity index (χ1n) is 5.02. The van der Waals surface area contributed by atoms with Crippen LogP contribution in [0, 0.1) is 40.7 Å². The van der Waals surface area contributed by atoms with Gasteiger partial charge in [-0.1, -0.05) is 34.6 Å². The number of aliphatic hydroxyl groups is 1. The summed E-state index contributed by atoms with van der Waals surface area (Å²) in [7, 11) is 0. The zero-order valence-corrected chi connectivity index (χ0v) is 13.5. The van der Waals surface area contributed by atoms with Gasteiger partial charge in [0.25, 0.3) is 0 Å². The molecule has 1 nitrogen and oxygen atoms in total. The van der Waals surface area contributed by atoms with Crippen molar-refractivity contribution < 1.29 is 26.2 Å². The fourth-order valence-electron chi connectivity index (χ4n) is 1.31. The van der Waals surface area contributed by atoms with E-state index in [1.165, 1.54) is 27.8 Å². The van der Waals surface area contributed by atoms with Gasteiger partial charge < -0.3 is 5.11 Å². The summed E-state index contributed by atoms with van der Waals surface area (Å²) in [6, 6.07) is 3.35. The van der Waals surface area contributed by atoms with Gasteiger partial charge in [-0.2, -0.15) is 33.9 Å². The smallest absolute Gasteiger partial charge is 0.0402 e. The molecule has 0 atom stereocenters. The summed E-state index contributed by atoms with van der Waals surface area (Å²) < 4.78 is 0. The molecule has 0 radical (unpaired) electrons. The Balaban J connectivity index is 0. The first-order chi connectivity index (χ1) is 6.45. The van der Waals surface area contributed by atoms with E-state index in [4.69, 9.17) is 5.11 Å². The first kappa shape index (κ1) is 17.3. The molecule has 0 saturated carbocycles. The monoisotopic (exact) mass is 377 g/mol. The Morgan fingerprint density at radius 2 is 1.13 bits per heavy atom. The third-order valence-corrected chi connectivity index (χ3v) is 2.62. The van der Waals surface area contributed by atoms with Gasteiger partial charge in [-0.25, -0.2) is 0 Å². The van der Waals surface area contributed by atoms with Crippen LogP contribution in [0.2, 0.25) is 0 Å². The van der Waals surface area contributed by atoms with Crippen LogP contribution in [0.5, 0.6) is 0 Å². The molecule has 1 aromatic rings. The van der Waals surface area contributed by atoms with Crippen molar-refractivity contribution in [1.82, 2.24) is 0 Å². The number of aliphatic hydroxyl groups excluding tert-OH is 1. The number of hydrogen-bond donors (Lipinski definition) is 1. The van der Waals surface area contributed by atoms with Crippen LogP contribution >= 0.6 is 0 Å². The minimum absolute atomic E-state index is 0. The van der Waals surface area contributed by atoms with Gasteiger partial charge in [0.1, 0.15) is 0 Å². The van der Waals surface area contributed by atoms with Crippen LogP contribution < -0.4 is 0 Å². The molecule has 0 amide bonds. The molecule has 0 unspecified atom stereocenters. The third-order valence-electron chi connectivity index (χ3n) is 2.62. The van der Waals surface area contributed by atoms with Crippen molar-refractivity contribution in [3.63, 3.8) is 0 Å². The summed E-state index contributed by atoms with van der Waals surface area (Å²) in [5.74, 6) is 0. The van der Waals surface area contributed by atoms with Gasteiger partial charge in [-0.05, 0) is 6.92 Å². The van der Waals surface area contributed by atoms with E-state index in [0.29, 0.717) is 0 Å². The van der Waals surface area contributed by atoms with E-state index in [1.807, 2.05) is 0 Å². The van der Waals surface area contributed by atoms with Crippen LogP contribution in [0.25, 0.3) is 0 Å². The molecule has 0 heterocycles. The largest absolute Gasteiger partial charge is 0.397 e. The van der Waals surface area contributed by atoms with Crippen LogP contribution in [-0.4, -0.2) is 11.7 Å². The van der Waals surface area contributed by atoms with Gasteiger partial charge >= 0.3 is 0 Å². The quantitative estimate of drug-likeness (QED) is 0.690. The van der Waals surface area contributed by atoms with E-state index in [0.717, 1.165) is 0 Å². The topological polar surface area (TPSA) is 20.2 Å². The van der Waals surface area contributed by atoms with Gasteiger partial charge in [0.15, 0.2) is 0 Å². The van der Waals surface area contributed by atoms with E-state index >= 15 is 0 Å². The van der Waals surface area contributed by atoms with Gasteiger partial charge in [0.2, 0.25) is 0 Å². The fraction of sp³-hybridized carbons (Fsp3) is 0.538. The second kappa shape index (κ2) is 8.07. The van der Waals surface area contributed by atoms with E-state index in [9.17, 15) is 0 Å².